The molecule has 1 aromatic heterocycles. The van der Waals surface area contributed by atoms with Crippen LogP contribution in [-0.2, 0) is 0 Å². The minimum Gasteiger partial charge on any atom is -0.435 e. The van der Waals surface area contributed by atoms with E-state index in [0.29, 0.717) is 23.3 Å². The number of ketones is 1. The van der Waals surface area contributed by atoms with Crippen molar-refractivity contribution in [1.29, 1.82) is 0 Å². The van der Waals surface area contributed by atoms with E-state index in [2.05, 4.69) is 9.97 Å². The number of hydrogen-bond donors (Lipinski definition) is 0. The predicted molar refractivity (Wildman–Crippen MR) is 121 cm³/mol. The first-order valence-corrected chi connectivity index (χ1v) is 11.3. The summed E-state index contributed by atoms with van der Waals surface area (Å²) in [5, 5.41) is 0. The van der Waals surface area contributed by atoms with Crippen molar-refractivity contribution in [2.75, 3.05) is 6.26 Å². The molecule has 5 nitrogen and oxygen atoms in total. The van der Waals surface area contributed by atoms with Crippen LogP contribution < -0.4 is 9.47 Å². The molecule has 0 saturated heterocycles. The van der Waals surface area contributed by atoms with E-state index < -0.39 is 46.7 Å². The third-order valence-corrected chi connectivity index (χ3v) is 5.59. The molecule has 3 aromatic carbocycles. The minimum absolute atomic E-state index is 0.137. The zero-order chi connectivity index (χ0) is 25.1. The van der Waals surface area contributed by atoms with Crippen LogP contribution in [0.1, 0.15) is 21.5 Å². The fraction of sp³-hybridized carbons (Fsp3) is 0.0800. The monoisotopic (exact) mass is 500 g/mol. The quantitative estimate of drug-likeness (QED) is 0.157. The Morgan fingerprint density at radius 3 is 2.06 bits per heavy atom. The van der Waals surface area contributed by atoms with Crippen LogP contribution in [0.2, 0.25) is 0 Å². The summed E-state index contributed by atoms with van der Waals surface area (Å²) in [5.74, 6) is -5.39. The Morgan fingerprint density at radius 2 is 1.46 bits per heavy atom. The molecule has 0 atom stereocenters. The van der Waals surface area contributed by atoms with Crippen LogP contribution in [0.3, 0.4) is 0 Å². The van der Waals surface area contributed by atoms with Gasteiger partial charge in [-0.25, -0.2) is 22.5 Å². The number of hydrogen-bond acceptors (Lipinski definition) is 6. The fourth-order valence-corrected chi connectivity index (χ4v) is 3.51. The number of nitrogens with zero attached hydrogens (tertiary/aromatic N) is 2. The van der Waals surface area contributed by atoms with Gasteiger partial charge in [0.15, 0.2) is 28.9 Å². The van der Waals surface area contributed by atoms with Crippen molar-refractivity contribution < 1.29 is 31.8 Å². The molecule has 0 aliphatic heterocycles. The molecule has 0 unspecified atom stereocenters. The first-order valence-electron chi connectivity index (χ1n) is 10.1. The predicted octanol–water partition coefficient (Wildman–Crippen LogP) is 6.88. The van der Waals surface area contributed by atoms with E-state index >= 15 is 0 Å². The molecule has 0 aliphatic rings. The van der Waals surface area contributed by atoms with Gasteiger partial charge in [-0.15, -0.1) is 11.8 Å². The average Bonchev–Trinajstić information content (AvgIpc) is 2.83. The number of aromatic nitrogens is 2. The molecule has 35 heavy (non-hydrogen) atoms. The van der Waals surface area contributed by atoms with Crippen LogP contribution in [0.4, 0.5) is 17.6 Å². The molecule has 4 rings (SSSR count). The summed E-state index contributed by atoms with van der Waals surface area (Å²) in [4.78, 5) is 22.2. The molecular weight excluding hydrogens is 484 g/mol. The molecule has 0 N–H and O–H groups in total. The number of carbonyl (C=O) groups excluding carboxylic acids is 1. The van der Waals surface area contributed by atoms with Gasteiger partial charge in [0, 0.05) is 28.8 Å². The third kappa shape index (κ3) is 5.43. The second-order valence-corrected chi connectivity index (χ2v) is 8.11. The van der Waals surface area contributed by atoms with Crippen molar-refractivity contribution in [2.24, 2.45) is 0 Å². The van der Waals surface area contributed by atoms with Gasteiger partial charge in [0.25, 0.3) is 0 Å². The van der Waals surface area contributed by atoms with E-state index in [4.69, 9.17) is 9.47 Å². The first-order chi connectivity index (χ1) is 16.7. The van der Waals surface area contributed by atoms with Gasteiger partial charge in [-0.1, -0.05) is 6.07 Å². The number of benzene rings is 3. The summed E-state index contributed by atoms with van der Waals surface area (Å²) in [6, 6.07) is 10.1. The number of ether oxygens (including phenoxy) is 2. The highest BCUT2D eigenvalue weighted by Gasteiger charge is 2.22. The molecule has 0 fully saturated rings. The number of rotatable bonds is 7. The number of carbonyl (C=O) groups is 1. The highest BCUT2D eigenvalue weighted by atomic mass is 32.2. The minimum atomic E-state index is -1.03. The average molecular weight is 500 g/mol. The van der Waals surface area contributed by atoms with E-state index in [0.717, 1.165) is 35.4 Å². The Labute approximate surface area is 201 Å². The van der Waals surface area contributed by atoms with Crippen LogP contribution in [-0.4, -0.2) is 22.0 Å². The Bertz CT molecular complexity index is 1430. The maximum Gasteiger partial charge on any atom is 0.325 e. The lowest BCUT2D eigenvalue weighted by atomic mass is 10.0. The molecule has 0 radical (unpaired) electrons. The molecule has 0 spiro atoms. The van der Waals surface area contributed by atoms with Gasteiger partial charge >= 0.3 is 6.01 Å². The summed E-state index contributed by atoms with van der Waals surface area (Å²) in [6.07, 6.45) is 2.95. The lowest BCUT2D eigenvalue weighted by Crippen LogP contribution is -2.09. The smallest absolute Gasteiger partial charge is 0.325 e. The Morgan fingerprint density at radius 1 is 0.829 bits per heavy atom. The zero-order valence-corrected chi connectivity index (χ0v) is 19.1. The summed E-state index contributed by atoms with van der Waals surface area (Å²) < 4.78 is 65.6. The van der Waals surface area contributed by atoms with E-state index in [1.54, 1.807) is 19.1 Å². The van der Waals surface area contributed by atoms with Crippen LogP contribution in [0.5, 0.6) is 23.4 Å². The fourth-order valence-electron chi connectivity index (χ4n) is 3.07. The zero-order valence-electron chi connectivity index (χ0n) is 18.3. The number of thioether (sulfide) groups is 1. The molecular formula is C25H16F4N2O3S. The highest BCUT2D eigenvalue weighted by Crippen LogP contribution is 2.32. The number of aryl methyl sites for hydroxylation is 1. The van der Waals surface area contributed by atoms with Gasteiger partial charge in [0.2, 0.25) is 5.88 Å². The second kappa shape index (κ2) is 10.1. The van der Waals surface area contributed by atoms with Gasteiger partial charge in [0.05, 0.1) is 0 Å². The third-order valence-electron chi connectivity index (χ3n) is 4.86. The maximum atomic E-state index is 14.3. The van der Waals surface area contributed by atoms with Gasteiger partial charge in [-0.3, -0.25) is 4.79 Å². The van der Waals surface area contributed by atoms with Crippen LogP contribution >= 0.6 is 11.8 Å². The summed E-state index contributed by atoms with van der Waals surface area (Å²) in [5.41, 5.74) is 0.866. The van der Waals surface area contributed by atoms with Crippen molar-refractivity contribution in [3.05, 3.63) is 101 Å². The Balaban J connectivity index is 1.78. The van der Waals surface area contributed by atoms with Crippen molar-refractivity contribution in [3.8, 4) is 23.4 Å². The Kier molecular flexibility index (Phi) is 7.02. The standard InChI is InChI=1S/C25H16F4N2O3S/c1-13-3-6-16(35-2)11-17(13)23(32)18-12-30-25(34-22-8-5-15(27)10-20(22)29)31-24(18)33-21-7-4-14(26)9-19(21)28/h3-12H,1-2H3. The normalized spacial score (nSPS) is 10.8. The SMILES string of the molecule is CSc1ccc(C)c(C(=O)c2cnc(Oc3ccc(F)cc3F)nc2Oc2ccc(F)cc2F)c1. The maximum absolute atomic E-state index is 14.3. The second-order valence-electron chi connectivity index (χ2n) is 7.23. The molecule has 0 bridgehead atoms. The molecule has 0 saturated carbocycles. The van der Waals surface area contributed by atoms with Gasteiger partial charge in [-0.05, 0) is 55.1 Å². The lowest BCUT2D eigenvalue weighted by molar-refractivity contribution is 0.103. The molecule has 10 heteroatoms. The van der Waals surface area contributed by atoms with Gasteiger partial charge in [-0.2, -0.15) is 4.98 Å². The molecule has 1 heterocycles. The van der Waals surface area contributed by atoms with Crippen molar-refractivity contribution in [3.63, 3.8) is 0 Å². The molecule has 0 amide bonds. The Hall–Kier alpha value is -3.92. The largest absolute Gasteiger partial charge is 0.435 e. The lowest BCUT2D eigenvalue weighted by Gasteiger charge is -2.13. The molecule has 4 aromatic rings. The summed E-state index contributed by atoms with van der Waals surface area (Å²) in [7, 11) is 0. The van der Waals surface area contributed by atoms with Crippen molar-refractivity contribution >= 4 is 17.5 Å². The van der Waals surface area contributed by atoms with E-state index in [-0.39, 0.29) is 11.3 Å². The van der Waals surface area contributed by atoms with Crippen LogP contribution in [0.25, 0.3) is 0 Å². The van der Waals surface area contributed by atoms with Gasteiger partial charge in [0.1, 0.15) is 17.2 Å². The van der Waals surface area contributed by atoms with Gasteiger partial charge < -0.3 is 9.47 Å². The summed E-state index contributed by atoms with van der Waals surface area (Å²) in [6.45, 7) is 1.74. The van der Waals surface area contributed by atoms with Crippen LogP contribution in [0.15, 0.2) is 65.7 Å². The van der Waals surface area contributed by atoms with Crippen molar-refractivity contribution in [2.45, 2.75) is 11.8 Å². The number of halogens is 4. The van der Waals surface area contributed by atoms with E-state index in [1.807, 2.05) is 12.3 Å². The topological polar surface area (TPSA) is 61.3 Å². The first kappa shape index (κ1) is 24.2. The molecule has 0 aliphatic carbocycles. The van der Waals surface area contributed by atoms with Crippen molar-refractivity contribution in [1.82, 2.24) is 9.97 Å². The highest BCUT2D eigenvalue weighted by molar-refractivity contribution is 7.98. The van der Waals surface area contributed by atoms with Crippen LogP contribution in [0, 0.1) is 30.2 Å². The van der Waals surface area contributed by atoms with E-state index in [9.17, 15) is 22.4 Å². The summed E-state index contributed by atoms with van der Waals surface area (Å²) >= 11 is 1.44. The molecule has 178 valence electrons. The van der Waals surface area contributed by atoms with E-state index in [1.165, 1.54) is 11.8 Å².